The molecule has 0 N–H and O–H groups in total. The third-order valence-electron chi connectivity index (χ3n) is 8.49. The lowest BCUT2D eigenvalue weighted by Crippen LogP contribution is -2.49. The molecule has 41 heavy (non-hydrogen) atoms. The van der Waals surface area contributed by atoms with Crippen LogP contribution < -0.4 is 0 Å². The van der Waals surface area contributed by atoms with E-state index in [4.69, 9.17) is 4.74 Å². The minimum absolute atomic E-state index is 0.113. The monoisotopic (exact) mass is 575 g/mol. The number of hydrogen-bond acceptors (Lipinski definition) is 5. The molecule has 0 saturated carbocycles. The van der Waals surface area contributed by atoms with Crippen LogP contribution in [0, 0.1) is 0 Å². The zero-order valence-corrected chi connectivity index (χ0v) is 23.5. The van der Waals surface area contributed by atoms with Crippen LogP contribution in [0.1, 0.15) is 48.1 Å². The van der Waals surface area contributed by atoms with Crippen molar-refractivity contribution in [2.24, 2.45) is 0 Å². The third kappa shape index (κ3) is 5.53. The molecule has 0 spiro atoms. The van der Waals surface area contributed by atoms with E-state index in [1.165, 1.54) is 11.8 Å². The average Bonchev–Trinajstić information content (AvgIpc) is 3.57. The van der Waals surface area contributed by atoms with E-state index in [1.807, 2.05) is 18.2 Å². The number of nitrogens with zero attached hydrogens (tertiary/aromatic N) is 3. The molecule has 212 valence electrons. The summed E-state index contributed by atoms with van der Waals surface area (Å²) in [5.74, 6) is 0.678. The molecule has 0 unspecified atom stereocenters. The smallest absolute Gasteiger partial charge is 0.359 e. The molecule has 2 atom stereocenters. The number of fused-ring (bicyclic) bond motifs is 1. The van der Waals surface area contributed by atoms with E-state index in [0.29, 0.717) is 17.4 Å². The fraction of sp³-hybridized carbons (Fsp3) is 0.333. The molecule has 4 nitrogen and oxygen atoms in total. The quantitative estimate of drug-likeness (QED) is 0.117. The van der Waals surface area contributed by atoms with E-state index in [2.05, 4.69) is 87.7 Å². The zero-order chi connectivity index (χ0) is 28.3. The first-order valence-corrected chi connectivity index (χ1v) is 15.0. The number of halogens is 3. The van der Waals surface area contributed by atoms with Crippen LogP contribution >= 0.6 is 11.8 Å². The minimum Gasteiger partial charge on any atom is -0.359 e. The Morgan fingerprint density at radius 1 is 0.829 bits per heavy atom. The fourth-order valence-corrected chi connectivity index (χ4v) is 7.58. The highest BCUT2D eigenvalue weighted by molar-refractivity contribution is 7.99. The molecule has 2 aliphatic rings. The highest BCUT2D eigenvalue weighted by Gasteiger charge is 2.51. The standard InChI is InChI=1S/C33H32F3N3OS/c34-33(35,36)29-21-30(38-24-37-29)41-22-28-17-19-31(18-10-20-39(28)31)23-40-32(25-11-4-1-5-12-25,26-13-6-2-7-14-26)27-15-8-3-9-16-27/h1-9,11-16,21,24,28H,10,17-20,22-23H2/t28-,31-/m0/s1. The van der Waals surface area contributed by atoms with Crippen molar-refractivity contribution >= 4 is 11.8 Å². The van der Waals surface area contributed by atoms with Crippen molar-refractivity contribution in [3.63, 3.8) is 0 Å². The van der Waals surface area contributed by atoms with Crippen molar-refractivity contribution in [3.8, 4) is 0 Å². The van der Waals surface area contributed by atoms with Crippen LogP contribution in [-0.4, -0.2) is 45.4 Å². The Morgan fingerprint density at radius 2 is 1.41 bits per heavy atom. The maximum atomic E-state index is 13.2. The van der Waals surface area contributed by atoms with Gasteiger partial charge in [-0.1, -0.05) is 91.0 Å². The Bertz CT molecular complexity index is 1340. The second-order valence-electron chi connectivity index (χ2n) is 10.8. The summed E-state index contributed by atoms with van der Waals surface area (Å²) in [6.07, 6.45) is 0.604. The topological polar surface area (TPSA) is 38.2 Å². The minimum atomic E-state index is -4.48. The summed E-state index contributed by atoms with van der Waals surface area (Å²) in [5, 5.41) is 0.358. The van der Waals surface area contributed by atoms with Crippen molar-refractivity contribution in [1.82, 2.24) is 14.9 Å². The number of alkyl halides is 3. The van der Waals surface area contributed by atoms with Crippen LogP contribution in [0.3, 0.4) is 0 Å². The SMILES string of the molecule is FC(F)(F)c1cc(SC[C@@H]2CC[C@]3(COC(c4ccccc4)(c4ccccc4)c4ccccc4)CCCN23)ncn1. The second-order valence-corrected chi connectivity index (χ2v) is 11.9. The van der Waals surface area contributed by atoms with Gasteiger partial charge in [-0.3, -0.25) is 4.90 Å². The van der Waals surface area contributed by atoms with E-state index >= 15 is 0 Å². The summed E-state index contributed by atoms with van der Waals surface area (Å²) in [4.78, 5) is 10.0. The predicted molar refractivity (Wildman–Crippen MR) is 155 cm³/mol. The largest absolute Gasteiger partial charge is 0.433 e. The van der Waals surface area contributed by atoms with Crippen LogP contribution in [0.2, 0.25) is 0 Å². The number of rotatable bonds is 9. The van der Waals surface area contributed by atoms with Gasteiger partial charge >= 0.3 is 6.18 Å². The van der Waals surface area contributed by atoms with Crippen LogP contribution in [-0.2, 0) is 16.5 Å². The van der Waals surface area contributed by atoms with Gasteiger partial charge in [0.1, 0.15) is 22.6 Å². The number of ether oxygens (including phenoxy) is 1. The number of benzene rings is 3. The molecule has 6 rings (SSSR count). The van der Waals surface area contributed by atoms with Gasteiger partial charge < -0.3 is 4.74 Å². The highest BCUT2D eigenvalue weighted by atomic mass is 32.2. The van der Waals surface area contributed by atoms with Gasteiger partial charge in [0.25, 0.3) is 0 Å². The lowest BCUT2D eigenvalue weighted by Gasteiger charge is -2.41. The summed E-state index contributed by atoms with van der Waals surface area (Å²) < 4.78 is 46.7. The van der Waals surface area contributed by atoms with E-state index in [-0.39, 0.29) is 11.6 Å². The molecule has 0 bridgehead atoms. The molecular weight excluding hydrogens is 543 g/mol. The lowest BCUT2D eigenvalue weighted by atomic mass is 9.79. The van der Waals surface area contributed by atoms with Gasteiger partial charge in [-0.05, 0) is 48.9 Å². The molecule has 0 amide bonds. The van der Waals surface area contributed by atoms with Crippen LogP contribution in [0.15, 0.2) is 108 Å². The third-order valence-corrected chi connectivity index (χ3v) is 9.56. The molecule has 2 fully saturated rings. The average molecular weight is 576 g/mol. The fourth-order valence-electron chi connectivity index (χ4n) is 6.56. The van der Waals surface area contributed by atoms with Gasteiger partial charge in [0.15, 0.2) is 0 Å². The maximum absolute atomic E-state index is 13.2. The zero-order valence-electron chi connectivity index (χ0n) is 22.6. The Labute approximate surface area is 243 Å². The molecule has 0 radical (unpaired) electrons. The first kappa shape index (κ1) is 27.9. The summed E-state index contributed by atoms with van der Waals surface area (Å²) in [6, 6.07) is 32.5. The van der Waals surface area contributed by atoms with E-state index < -0.39 is 17.5 Å². The molecule has 8 heteroatoms. The van der Waals surface area contributed by atoms with E-state index in [9.17, 15) is 13.2 Å². The van der Waals surface area contributed by atoms with Crippen molar-refractivity contribution in [3.05, 3.63) is 126 Å². The van der Waals surface area contributed by atoms with E-state index in [1.54, 1.807) is 0 Å². The van der Waals surface area contributed by atoms with E-state index in [0.717, 1.165) is 61.3 Å². The maximum Gasteiger partial charge on any atom is 0.433 e. The van der Waals surface area contributed by atoms with Crippen LogP contribution in [0.4, 0.5) is 13.2 Å². The molecule has 2 aliphatic heterocycles. The Balaban J connectivity index is 1.27. The summed E-state index contributed by atoms with van der Waals surface area (Å²) in [7, 11) is 0. The Morgan fingerprint density at radius 3 is 1.98 bits per heavy atom. The Hall–Kier alpha value is -3.20. The number of thioether (sulfide) groups is 1. The molecule has 3 aromatic carbocycles. The highest BCUT2D eigenvalue weighted by Crippen LogP contribution is 2.47. The van der Waals surface area contributed by atoms with Crippen molar-refractivity contribution in [2.75, 3.05) is 18.9 Å². The first-order valence-electron chi connectivity index (χ1n) is 14.0. The molecule has 1 aromatic heterocycles. The predicted octanol–water partition coefficient (Wildman–Crippen LogP) is 7.59. The molecule has 4 aromatic rings. The van der Waals surface area contributed by atoms with Crippen molar-refractivity contribution < 1.29 is 17.9 Å². The number of hydrogen-bond donors (Lipinski definition) is 0. The van der Waals surface area contributed by atoms with Crippen LogP contribution in [0.25, 0.3) is 0 Å². The van der Waals surface area contributed by atoms with Gasteiger partial charge in [0.2, 0.25) is 0 Å². The summed E-state index contributed by atoms with van der Waals surface area (Å²) in [6.45, 7) is 1.51. The lowest BCUT2D eigenvalue weighted by molar-refractivity contribution is -0.141. The van der Waals surface area contributed by atoms with Crippen molar-refractivity contribution in [1.29, 1.82) is 0 Å². The summed E-state index contributed by atoms with van der Waals surface area (Å²) >= 11 is 1.38. The first-order chi connectivity index (χ1) is 19.9. The van der Waals surface area contributed by atoms with Gasteiger partial charge in [0, 0.05) is 23.4 Å². The normalized spacial score (nSPS) is 21.2. The molecule has 0 aliphatic carbocycles. The van der Waals surface area contributed by atoms with Gasteiger partial charge in [0.05, 0.1) is 6.61 Å². The molecular formula is C33H32F3N3OS. The Kier molecular flexibility index (Phi) is 7.90. The van der Waals surface area contributed by atoms with Crippen LogP contribution in [0.5, 0.6) is 0 Å². The molecule has 2 saturated heterocycles. The summed E-state index contributed by atoms with van der Waals surface area (Å²) in [5.41, 5.74) is 1.43. The second kappa shape index (κ2) is 11.6. The van der Waals surface area contributed by atoms with Gasteiger partial charge in [-0.25, -0.2) is 9.97 Å². The molecule has 3 heterocycles. The van der Waals surface area contributed by atoms with Gasteiger partial charge in [-0.2, -0.15) is 13.2 Å². The van der Waals surface area contributed by atoms with Gasteiger partial charge in [-0.15, -0.1) is 11.8 Å². The van der Waals surface area contributed by atoms with Crippen molar-refractivity contribution in [2.45, 2.75) is 54.1 Å². The number of aromatic nitrogens is 2.